The Morgan fingerprint density at radius 2 is 2.06 bits per heavy atom. The van der Waals surface area contributed by atoms with Crippen molar-refractivity contribution in [3.05, 3.63) is 42.9 Å². The Labute approximate surface area is 91.6 Å². The molecule has 0 aliphatic carbocycles. The maximum absolute atomic E-state index is 9.73. The number of aromatic nitrogens is 3. The van der Waals surface area contributed by atoms with Crippen LogP contribution in [0.5, 0.6) is 5.75 Å². The number of fused-ring (bicyclic) bond motifs is 1. The lowest BCUT2D eigenvalue weighted by molar-refractivity contribution is 0.477. The van der Waals surface area contributed by atoms with Crippen molar-refractivity contribution in [1.82, 2.24) is 15.0 Å². The summed E-state index contributed by atoms with van der Waals surface area (Å²) in [5, 5.41) is 9.73. The standard InChI is InChI=1S/C12H9N3O/c16-12-4-2-1-3-8(12)9-5-10-11(15-9)6-13-7-14-10/h1-7,15-16H. The molecule has 78 valence electrons. The minimum absolute atomic E-state index is 0.252. The number of aromatic hydroxyl groups is 1. The molecule has 0 amide bonds. The van der Waals surface area contributed by atoms with E-state index in [1.54, 1.807) is 18.3 Å². The average Bonchev–Trinajstić information content (AvgIpc) is 2.73. The number of hydrogen-bond acceptors (Lipinski definition) is 3. The normalized spacial score (nSPS) is 10.8. The predicted octanol–water partition coefficient (Wildman–Crippen LogP) is 2.33. The molecule has 0 spiro atoms. The van der Waals surface area contributed by atoms with E-state index in [-0.39, 0.29) is 5.75 Å². The van der Waals surface area contributed by atoms with Crippen molar-refractivity contribution in [2.45, 2.75) is 0 Å². The molecular formula is C12H9N3O. The van der Waals surface area contributed by atoms with Crippen molar-refractivity contribution < 1.29 is 5.11 Å². The van der Waals surface area contributed by atoms with Crippen molar-refractivity contribution in [2.24, 2.45) is 0 Å². The summed E-state index contributed by atoms with van der Waals surface area (Å²) in [7, 11) is 0. The summed E-state index contributed by atoms with van der Waals surface area (Å²) in [6.07, 6.45) is 3.22. The zero-order chi connectivity index (χ0) is 11.0. The number of benzene rings is 1. The number of aromatic amines is 1. The van der Waals surface area contributed by atoms with Crippen LogP contribution in [0.1, 0.15) is 0 Å². The van der Waals surface area contributed by atoms with E-state index in [0.717, 1.165) is 22.3 Å². The molecule has 0 aliphatic rings. The Morgan fingerprint density at radius 1 is 1.19 bits per heavy atom. The van der Waals surface area contributed by atoms with E-state index in [9.17, 15) is 5.11 Å². The molecule has 0 aliphatic heterocycles. The first-order valence-electron chi connectivity index (χ1n) is 4.92. The van der Waals surface area contributed by atoms with E-state index < -0.39 is 0 Å². The first kappa shape index (κ1) is 8.91. The van der Waals surface area contributed by atoms with Crippen molar-refractivity contribution in [3.63, 3.8) is 0 Å². The van der Waals surface area contributed by atoms with Gasteiger partial charge in [0.2, 0.25) is 0 Å². The van der Waals surface area contributed by atoms with E-state index in [1.807, 2.05) is 18.2 Å². The summed E-state index contributed by atoms with van der Waals surface area (Å²) in [4.78, 5) is 11.2. The highest BCUT2D eigenvalue weighted by Crippen LogP contribution is 2.29. The molecule has 0 fully saturated rings. The largest absolute Gasteiger partial charge is 0.507 e. The second-order valence-corrected chi connectivity index (χ2v) is 3.52. The Hall–Kier alpha value is -2.36. The van der Waals surface area contributed by atoms with E-state index in [0.29, 0.717) is 0 Å². The molecule has 2 aromatic heterocycles. The topological polar surface area (TPSA) is 61.8 Å². The smallest absolute Gasteiger partial charge is 0.124 e. The Kier molecular flexibility index (Phi) is 1.86. The van der Waals surface area contributed by atoms with Crippen LogP contribution in [0.4, 0.5) is 0 Å². The van der Waals surface area contributed by atoms with Crippen LogP contribution < -0.4 is 0 Å². The van der Waals surface area contributed by atoms with Gasteiger partial charge in [-0.15, -0.1) is 0 Å². The molecule has 0 saturated carbocycles. The quantitative estimate of drug-likeness (QED) is 0.649. The molecule has 16 heavy (non-hydrogen) atoms. The highest BCUT2D eigenvalue weighted by atomic mass is 16.3. The van der Waals surface area contributed by atoms with E-state index in [2.05, 4.69) is 15.0 Å². The van der Waals surface area contributed by atoms with Gasteiger partial charge in [-0.1, -0.05) is 12.1 Å². The second-order valence-electron chi connectivity index (χ2n) is 3.52. The fourth-order valence-corrected chi connectivity index (χ4v) is 1.71. The van der Waals surface area contributed by atoms with Crippen molar-refractivity contribution in [2.75, 3.05) is 0 Å². The van der Waals surface area contributed by atoms with Crippen molar-refractivity contribution >= 4 is 11.0 Å². The predicted molar refractivity (Wildman–Crippen MR) is 61.0 cm³/mol. The maximum atomic E-state index is 9.73. The maximum Gasteiger partial charge on any atom is 0.124 e. The summed E-state index contributed by atoms with van der Waals surface area (Å²) < 4.78 is 0. The summed E-state index contributed by atoms with van der Waals surface area (Å²) in [6.45, 7) is 0. The van der Waals surface area contributed by atoms with Gasteiger partial charge in [0.1, 0.15) is 12.1 Å². The average molecular weight is 211 g/mol. The third kappa shape index (κ3) is 1.32. The van der Waals surface area contributed by atoms with Gasteiger partial charge in [-0.2, -0.15) is 0 Å². The fourth-order valence-electron chi connectivity index (χ4n) is 1.71. The number of H-pyrrole nitrogens is 1. The van der Waals surface area contributed by atoms with Crippen LogP contribution in [0.15, 0.2) is 42.9 Å². The lowest BCUT2D eigenvalue weighted by atomic mass is 10.1. The van der Waals surface area contributed by atoms with E-state index >= 15 is 0 Å². The zero-order valence-electron chi connectivity index (χ0n) is 8.38. The van der Waals surface area contributed by atoms with Crippen molar-refractivity contribution in [1.29, 1.82) is 0 Å². The molecule has 0 atom stereocenters. The number of nitrogens with zero attached hydrogens (tertiary/aromatic N) is 2. The molecular weight excluding hydrogens is 202 g/mol. The monoisotopic (exact) mass is 211 g/mol. The minimum Gasteiger partial charge on any atom is -0.507 e. The van der Waals surface area contributed by atoms with Gasteiger partial charge in [0.25, 0.3) is 0 Å². The van der Waals surface area contributed by atoms with E-state index in [4.69, 9.17) is 0 Å². The molecule has 2 N–H and O–H groups in total. The number of phenols is 1. The van der Waals surface area contributed by atoms with Crippen LogP contribution >= 0.6 is 0 Å². The van der Waals surface area contributed by atoms with Crippen LogP contribution in [0, 0.1) is 0 Å². The van der Waals surface area contributed by atoms with Gasteiger partial charge in [-0.25, -0.2) is 9.97 Å². The SMILES string of the molecule is Oc1ccccc1-c1cc2ncncc2[nH]1. The molecule has 3 aromatic rings. The molecule has 3 rings (SSSR count). The molecule has 2 heterocycles. The Balaban J connectivity index is 2.23. The summed E-state index contributed by atoms with van der Waals surface area (Å²) in [6, 6.07) is 9.08. The molecule has 0 saturated heterocycles. The Morgan fingerprint density at radius 3 is 2.88 bits per heavy atom. The van der Waals surface area contributed by atoms with Crippen LogP contribution in [-0.2, 0) is 0 Å². The third-order valence-corrected chi connectivity index (χ3v) is 2.49. The van der Waals surface area contributed by atoms with Crippen LogP contribution in [0.3, 0.4) is 0 Å². The number of nitrogens with one attached hydrogen (secondary N) is 1. The van der Waals surface area contributed by atoms with Gasteiger partial charge >= 0.3 is 0 Å². The third-order valence-electron chi connectivity index (χ3n) is 2.49. The van der Waals surface area contributed by atoms with Crippen LogP contribution in [0.25, 0.3) is 22.3 Å². The molecule has 0 unspecified atom stereocenters. The van der Waals surface area contributed by atoms with Gasteiger partial charge in [0, 0.05) is 5.56 Å². The summed E-state index contributed by atoms with van der Waals surface area (Å²) in [5.74, 6) is 0.252. The van der Waals surface area contributed by atoms with Crippen molar-refractivity contribution in [3.8, 4) is 17.0 Å². The first-order valence-corrected chi connectivity index (χ1v) is 4.92. The van der Waals surface area contributed by atoms with Gasteiger partial charge < -0.3 is 10.1 Å². The molecule has 4 nitrogen and oxygen atoms in total. The van der Waals surface area contributed by atoms with Gasteiger partial charge in [-0.05, 0) is 18.2 Å². The van der Waals surface area contributed by atoms with Gasteiger partial charge in [0.05, 0.1) is 22.9 Å². The van der Waals surface area contributed by atoms with Gasteiger partial charge in [0.15, 0.2) is 0 Å². The highest BCUT2D eigenvalue weighted by molar-refractivity contribution is 5.83. The summed E-state index contributed by atoms with van der Waals surface area (Å²) in [5.41, 5.74) is 3.31. The first-order chi connectivity index (χ1) is 7.84. The molecule has 0 radical (unpaired) electrons. The minimum atomic E-state index is 0.252. The number of hydrogen-bond donors (Lipinski definition) is 2. The fraction of sp³-hybridized carbons (Fsp3) is 0. The van der Waals surface area contributed by atoms with Crippen LogP contribution in [-0.4, -0.2) is 20.1 Å². The summed E-state index contributed by atoms with van der Waals surface area (Å²) >= 11 is 0. The highest BCUT2D eigenvalue weighted by Gasteiger charge is 2.07. The van der Waals surface area contributed by atoms with Crippen LogP contribution in [0.2, 0.25) is 0 Å². The second kappa shape index (κ2) is 3.34. The lowest BCUT2D eigenvalue weighted by Crippen LogP contribution is -1.77. The zero-order valence-corrected chi connectivity index (χ0v) is 8.38. The molecule has 4 heteroatoms. The molecule has 1 aromatic carbocycles. The lowest BCUT2D eigenvalue weighted by Gasteiger charge is -1.99. The molecule has 0 bridgehead atoms. The van der Waals surface area contributed by atoms with E-state index in [1.165, 1.54) is 6.33 Å². The van der Waals surface area contributed by atoms with Gasteiger partial charge in [-0.3, -0.25) is 0 Å². The Bertz CT molecular complexity index is 612. The number of para-hydroxylation sites is 1. The number of rotatable bonds is 1. The number of phenolic OH excluding ortho intramolecular Hbond substituents is 1.